The molecule has 3 heteroatoms. The lowest BCUT2D eigenvalue weighted by Gasteiger charge is -2.51. The number of ether oxygens (including phenoxy) is 1. The Bertz CT molecular complexity index is 676. The van der Waals surface area contributed by atoms with E-state index in [1.54, 1.807) is 0 Å². The van der Waals surface area contributed by atoms with E-state index >= 15 is 0 Å². The van der Waals surface area contributed by atoms with Crippen molar-refractivity contribution in [3.8, 4) is 5.75 Å². The van der Waals surface area contributed by atoms with Crippen LogP contribution >= 0.6 is 23.2 Å². The molecule has 2 aromatic rings. The van der Waals surface area contributed by atoms with Gasteiger partial charge >= 0.3 is 0 Å². The molecule has 2 unspecified atom stereocenters. The number of fused-ring (bicyclic) bond motifs is 1. The predicted octanol–water partition coefficient (Wildman–Crippen LogP) is 5.81. The molecule has 1 nitrogen and oxygen atoms in total. The summed E-state index contributed by atoms with van der Waals surface area (Å²) in [6.45, 7) is 0. The molecule has 0 heterocycles. The smallest absolute Gasteiger partial charge is 0.127 e. The Morgan fingerprint density at radius 2 is 1.71 bits per heavy atom. The van der Waals surface area contributed by atoms with Crippen molar-refractivity contribution in [3.63, 3.8) is 0 Å². The van der Waals surface area contributed by atoms with E-state index in [1.807, 2.05) is 30.3 Å². The summed E-state index contributed by atoms with van der Waals surface area (Å²) in [6, 6.07) is 12.1. The minimum absolute atomic E-state index is 0.211. The molecule has 2 atom stereocenters. The van der Waals surface area contributed by atoms with E-state index in [0.29, 0.717) is 0 Å². The van der Waals surface area contributed by atoms with Crippen LogP contribution in [0.1, 0.15) is 32.1 Å². The first-order valence-electron chi connectivity index (χ1n) is 7.69. The zero-order valence-electron chi connectivity index (χ0n) is 11.8. The van der Waals surface area contributed by atoms with E-state index in [1.165, 1.54) is 25.7 Å². The first-order chi connectivity index (χ1) is 10.2. The van der Waals surface area contributed by atoms with Crippen LogP contribution in [-0.4, -0.2) is 11.5 Å². The molecule has 0 bridgehead atoms. The molecule has 21 heavy (non-hydrogen) atoms. The molecule has 2 aliphatic carbocycles. The summed E-state index contributed by atoms with van der Waals surface area (Å²) in [5.74, 6) is 0.940. The minimum atomic E-state index is 0.211. The Morgan fingerprint density at radius 3 is 2.43 bits per heavy atom. The van der Waals surface area contributed by atoms with Gasteiger partial charge in [0.25, 0.3) is 0 Å². The first-order valence-corrected chi connectivity index (χ1v) is 8.50. The van der Waals surface area contributed by atoms with Crippen molar-refractivity contribution < 1.29 is 4.74 Å². The van der Waals surface area contributed by atoms with Gasteiger partial charge in [-0.2, -0.15) is 0 Å². The van der Waals surface area contributed by atoms with Crippen LogP contribution in [0.5, 0.6) is 5.75 Å². The average Bonchev–Trinajstić information content (AvgIpc) is 3.02. The second-order valence-electron chi connectivity index (χ2n) is 6.34. The van der Waals surface area contributed by atoms with Crippen molar-refractivity contribution >= 4 is 34.0 Å². The topological polar surface area (TPSA) is 9.23 Å². The van der Waals surface area contributed by atoms with Crippen molar-refractivity contribution in [3.05, 3.63) is 41.4 Å². The number of alkyl halides is 1. The summed E-state index contributed by atoms with van der Waals surface area (Å²) in [6.07, 6.45) is 6.19. The highest BCUT2D eigenvalue weighted by Crippen LogP contribution is 2.57. The van der Waals surface area contributed by atoms with E-state index in [9.17, 15) is 0 Å². The fourth-order valence-electron chi connectivity index (χ4n) is 4.02. The van der Waals surface area contributed by atoms with Gasteiger partial charge < -0.3 is 4.74 Å². The molecular formula is C18H18Cl2O. The molecular weight excluding hydrogens is 303 g/mol. The van der Waals surface area contributed by atoms with E-state index in [0.717, 1.165) is 28.0 Å². The summed E-state index contributed by atoms with van der Waals surface area (Å²) in [5, 5.41) is 3.20. The Morgan fingerprint density at radius 1 is 1.00 bits per heavy atom. The largest absolute Gasteiger partial charge is 0.489 e. The summed E-state index contributed by atoms with van der Waals surface area (Å²) in [4.78, 5) is 0. The van der Waals surface area contributed by atoms with Gasteiger partial charge in [0.05, 0.1) is 0 Å². The van der Waals surface area contributed by atoms with Crippen molar-refractivity contribution in [2.45, 2.75) is 43.6 Å². The lowest BCUT2D eigenvalue weighted by atomic mass is 9.64. The van der Waals surface area contributed by atoms with Gasteiger partial charge in [0.2, 0.25) is 0 Å². The summed E-state index contributed by atoms with van der Waals surface area (Å²) in [5.41, 5.74) is 0.211. The number of hydrogen-bond acceptors (Lipinski definition) is 1. The van der Waals surface area contributed by atoms with Gasteiger partial charge in [0, 0.05) is 33.0 Å². The lowest BCUT2D eigenvalue weighted by Crippen LogP contribution is -2.55. The maximum atomic E-state index is 6.52. The van der Waals surface area contributed by atoms with Crippen LogP contribution in [0.2, 0.25) is 5.02 Å². The van der Waals surface area contributed by atoms with Crippen LogP contribution in [-0.2, 0) is 0 Å². The maximum absolute atomic E-state index is 6.52. The summed E-state index contributed by atoms with van der Waals surface area (Å²) in [7, 11) is 0. The first kappa shape index (κ1) is 13.7. The molecule has 2 fully saturated rings. The van der Waals surface area contributed by atoms with Gasteiger partial charge in [-0.25, -0.2) is 0 Å². The fraction of sp³-hybridized carbons (Fsp3) is 0.444. The third kappa shape index (κ3) is 2.05. The Hall–Kier alpha value is -0.920. The highest BCUT2D eigenvalue weighted by molar-refractivity contribution is 6.35. The van der Waals surface area contributed by atoms with Gasteiger partial charge in [0.1, 0.15) is 11.9 Å². The third-order valence-corrected chi connectivity index (χ3v) is 6.26. The van der Waals surface area contributed by atoms with Crippen LogP contribution in [0.25, 0.3) is 10.8 Å². The summed E-state index contributed by atoms with van der Waals surface area (Å²) < 4.78 is 6.38. The SMILES string of the molecule is Clc1ccc(OC2CC(Cl)C23CCCC3)c2ccccc12. The molecule has 4 rings (SSSR count). The molecule has 0 amide bonds. The van der Waals surface area contributed by atoms with E-state index in [-0.39, 0.29) is 16.9 Å². The summed E-state index contributed by atoms with van der Waals surface area (Å²) >= 11 is 12.8. The normalized spacial score (nSPS) is 27.0. The van der Waals surface area contributed by atoms with E-state index < -0.39 is 0 Å². The van der Waals surface area contributed by atoms with E-state index in [4.69, 9.17) is 27.9 Å². The van der Waals surface area contributed by atoms with Crippen molar-refractivity contribution in [1.82, 2.24) is 0 Å². The Balaban J connectivity index is 1.68. The zero-order chi connectivity index (χ0) is 14.4. The van der Waals surface area contributed by atoms with E-state index in [2.05, 4.69) is 6.07 Å². The van der Waals surface area contributed by atoms with Crippen LogP contribution in [0.4, 0.5) is 0 Å². The van der Waals surface area contributed by atoms with Gasteiger partial charge in [-0.05, 0) is 25.0 Å². The molecule has 0 saturated heterocycles. The quantitative estimate of drug-likeness (QED) is 0.634. The van der Waals surface area contributed by atoms with Crippen LogP contribution in [0.15, 0.2) is 36.4 Å². The van der Waals surface area contributed by atoms with Gasteiger partial charge in [-0.3, -0.25) is 0 Å². The van der Waals surface area contributed by atoms with Crippen LogP contribution < -0.4 is 4.74 Å². The van der Waals surface area contributed by atoms with Gasteiger partial charge in [-0.1, -0.05) is 48.7 Å². The van der Waals surface area contributed by atoms with Crippen molar-refractivity contribution in [2.75, 3.05) is 0 Å². The maximum Gasteiger partial charge on any atom is 0.127 e. The molecule has 0 N–H and O–H groups in total. The second-order valence-corrected chi connectivity index (χ2v) is 7.28. The molecule has 2 aromatic carbocycles. The average molecular weight is 321 g/mol. The molecule has 1 spiro atoms. The lowest BCUT2D eigenvalue weighted by molar-refractivity contribution is -0.0346. The van der Waals surface area contributed by atoms with Crippen LogP contribution in [0, 0.1) is 5.41 Å². The second kappa shape index (κ2) is 5.07. The van der Waals surface area contributed by atoms with Crippen molar-refractivity contribution in [2.24, 2.45) is 5.41 Å². The van der Waals surface area contributed by atoms with Crippen LogP contribution in [0.3, 0.4) is 0 Å². The molecule has 0 aromatic heterocycles. The number of halogens is 2. The number of benzene rings is 2. The predicted molar refractivity (Wildman–Crippen MR) is 88.5 cm³/mol. The molecule has 110 valence electrons. The molecule has 2 saturated carbocycles. The monoisotopic (exact) mass is 320 g/mol. The molecule has 0 radical (unpaired) electrons. The van der Waals surface area contributed by atoms with Crippen molar-refractivity contribution in [1.29, 1.82) is 0 Å². The Kier molecular flexibility index (Phi) is 3.31. The minimum Gasteiger partial charge on any atom is -0.489 e. The third-order valence-electron chi connectivity index (χ3n) is 5.32. The number of hydrogen-bond donors (Lipinski definition) is 0. The van der Waals surface area contributed by atoms with Gasteiger partial charge in [0.15, 0.2) is 0 Å². The molecule has 2 aliphatic rings. The Labute approximate surface area is 135 Å². The number of rotatable bonds is 2. The highest BCUT2D eigenvalue weighted by Gasteiger charge is 2.57. The molecule has 0 aliphatic heterocycles. The fourth-order valence-corrected chi connectivity index (χ4v) is 4.77. The highest BCUT2D eigenvalue weighted by atomic mass is 35.5. The zero-order valence-corrected chi connectivity index (χ0v) is 13.3. The van der Waals surface area contributed by atoms with Gasteiger partial charge in [-0.15, -0.1) is 11.6 Å². The standard InChI is InChI=1S/C18H18Cl2O/c19-14-7-8-15(13-6-2-1-5-12(13)14)21-17-11-16(20)18(17)9-3-4-10-18/h1-2,5-8,16-17H,3-4,9-11H2.